The molecule has 4 rings (SSSR count). The summed E-state index contributed by atoms with van der Waals surface area (Å²) >= 11 is 0. The van der Waals surface area contributed by atoms with Crippen molar-refractivity contribution in [3.05, 3.63) is 83.9 Å². The highest BCUT2D eigenvalue weighted by Gasteiger charge is 2.36. The first-order valence-corrected chi connectivity index (χ1v) is 8.79. The number of hydrogen-bond acceptors (Lipinski definition) is 3. The quantitative estimate of drug-likeness (QED) is 0.700. The Morgan fingerprint density at radius 3 is 2.59 bits per heavy atom. The molecule has 27 heavy (non-hydrogen) atoms. The number of nitrogens with two attached hydrogens (primary N) is 1. The molecule has 5 heteroatoms. The highest BCUT2D eigenvalue weighted by Crippen LogP contribution is 2.35. The van der Waals surface area contributed by atoms with Crippen molar-refractivity contribution < 1.29 is 9.13 Å². The fraction of sp³-hybridized carbons (Fsp3) is 0.227. The predicted octanol–water partition coefficient (Wildman–Crippen LogP) is 4.88. The highest BCUT2D eigenvalue weighted by molar-refractivity contribution is 5.85. The maximum absolute atomic E-state index is 13.2. The molecule has 2 unspecified atom stereocenters. The molecule has 1 aliphatic rings. The standard InChI is InChI=1S/C22H21FN2O.ClH/c1-22(24,21-11-8-16-4-2-3-5-20(16)26-21)18-12-17(13-25-14-18)15-6-9-19(23)10-7-15;/h2-7,9-10,12-14,21H,8,11,24H2,1H3;1H. The number of aromatic nitrogens is 1. The zero-order valence-corrected chi connectivity index (χ0v) is 15.9. The number of halogens is 2. The van der Waals surface area contributed by atoms with Gasteiger partial charge in [-0.2, -0.15) is 0 Å². The Bertz CT molecular complexity index is 928. The van der Waals surface area contributed by atoms with Crippen molar-refractivity contribution in [2.75, 3.05) is 0 Å². The van der Waals surface area contributed by atoms with E-state index in [9.17, 15) is 4.39 Å². The second kappa shape index (κ2) is 7.67. The Morgan fingerprint density at radius 2 is 1.81 bits per heavy atom. The van der Waals surface area contributed by atoms with E-state index in [4.69, 9.17) is 10.5 Å². The molecule has 0 aliphatic carbocycles. The van der Waals surface area contributed by atoms with Crippen LogP contribution < -0.4 is 10.5 Å². The fourth-order valence-corrected chi connectivity index (χ4v) is 3.47. The molecule has 140 valence electrons. The zero-order chi connectivity index (χ0) is 18.1. The van der Waals surface area contributed by atoms with E-state index < -0.39 is 5.54 Å². The lowest BCUT2D eigenvalue weighted by molar-refractivity contribution is 0.0958. The summed E-state index contributed by atoms with van der Waals surface area (Å²) in [5, 5.41) is 0. The van der Waals surface area contributed by atoms with E-state index in [1.54, 1.807) is 24.5 Å². The molecule has 0 saturated carbocycles. The third-order valence-electron chi connectivity index (χ3n) is 5.12. The first kappa shape index (κ1) is 19.3. The first-order valence-electron chi connectivity index (χ1n) is 8.79. The average Bonchev–Trinajstić information content (AvgIpc) is 2.68. The monoisotopic (exact) mass is 384 g/mol. The van der Waals surface area contributed by atoms with Gasteiger partial charge in [0.05, 0.1) is 5.54 Å². The van der Waals surface area contributed by atoms with Crippen LogP contribution in [0.1, 0.15) is 24.5 Å². The van der Waals surface area contributed by atoms with E-state index in [2.05, 4.69) is 11.1 Å². The van der Waals surface area contributed by atoms with Crippen LogP contribution in [-0.4, -0.2) is 11.1 Å². The van der Waals surface area contributed by atoms with E-state index in [1.165, 1.54) is 17.7 Å². The minimum Gasteiger partial charge on any atom is -0.488 e. The molecule has 2 N–H and O–H groups in total. The molecule has 3 nitrogen and oxygen atoms in total. The van der Waals surface area contributed by atoms with Crippen LogP contribution >= 0.6 is 12.4 Å². The van der Waals surface area contributed by atoms with Crippen molar-refractivity contribution in [1.29, 1.82) is 0 Å². The summed E-state index contributed by atoms with van der Waals surface area (Å²) in [5.74, 6) is 0.652. The molecule has 0 radical (unpaired) electrons. The lowest BCUT2D eigenvalue weighted by Crippen LogP contribution is -2.49. The zero-order valence-electron chi connectivity index (χ0n) is 15.1. The van der Waals surface area contributed by atoms with Gasteiger partial charge in [0.25, 0.3) is 0 Å². The van der Waals surface area contributed by atoms with Gasteiger partial charge in [-0.05, 0) is 60.7 Å². The van der Waals surface area contributed by atoms with Crippen molar-refractivity contribution >= 4 is 12.4 Å². The largest absolute Gasteiger partial charge is 0.488 e. The Balaban J connectivity index is 0.00000210. The van der Waals surface area contributed by atoms with E-state index in [0.717, 1.165) is 35.3 Å². The normalized spacial score (nSPS) is 17.8. The van der Waals surface area contributed by atoms with E-state index in [0.29, 0.717) is 0 Å². The molecular formula is C22H22ClFN2O. The summed E-state index contributed by atoms with van der Waals surface area (Å²) in [7, 11) is 0. The first-order chi connectivity index (χ1) is 12.5. The highest BCUT2D eigenvalue weighted by atomic mass is 35.5. The van der Waals surface area contributed by atoms with Crippen LogP contribution in [0.3, 0.4) is 0 Å². The van der Waals surface area contributed by atoms with Crippen molar-refractivity contribution in [1.82, 2.24) is 4.98 Å². The Hall–Kier alpha value is -2.43. The number of ether oxygens (including phenoxy) is 1. The van der Waals surface area contributed by atoms with Gasteiger partial charge in [0, 0.05) is 18.0 Å². The SMILES string of the molecule is CC(N)(c1cncc(-c2ccc(F)cc2)c1)C1CCc2ccccc2O1.Cl. The minimum absolute atomic E-state index is 0. The Kier molecular flexibility index (Phi) is 5.49. The van der Waals surface area contributed by atoms with Crippen molar-refractivity contribution in [3.63, 3.8) is 0 Å². The predicted molar refractivity (Wildman–Crippen MR) is 108 cm³/mol. The second-order valence-electron chi connectivity index (χ2n) is 7.00. The van der Waals surface area contributed by atoms with E-state index in [1.807, 2.05) is 31.2 Å². The van der Waals surface area contributed by atoms with Crippen LogP contribution in [0.5, 0.6) is 5.75 Å². The maximum atomic E-state index is 13.2. The summed E-state index contributed by atoms with van der Waals surface area (Å²) in [5.41, 5.74) is 9.98. The molecule has 2 aromatic carbocycles. The fourth-order valence-electron chi connectivity index (χ4n) is 3.47. The van der Waals surface area contributed by atoms with Crippen LogP contribution in [0.15, 0.2) is 67.0 Å². The Morgan fingerprint density at radius 1 is 1.07 bits per heavy atom. The molecule has 2 atom stereocenters. The van der Waals surface area contributed by atoms with Gasteiger partial charge < -0.3 is 10.5 Å². The summed E-state index contributed by atoms with van der Waals surface area (Å²) in [6.45, 7) is 1.98. The van der Waals surface area contributed by atoms with Gasteiger partial charge in [-0.3, -0.25) is 4.98 Å². The molecular weight excluding hydrogens is 363 g/mol. The van der Waals surface area contributed by atoms with Gasteiger partial charge in [0.1, 0.15) is 17.7 Å². The lowest BCUT2D eigenvalue weighted by Gasteiger charge is -2.38. The number of aryl methyl sites for hydroxylation is 1. The van der Waals surface area contributed by atoms with Crippen molar-refractivity contribution in [3.8, 4) is 16.9 Å². The topological polar surface area (TPSA) is 48.1 Å². The lowest BCUT2D eigenvalue weighted by atomic mass is 9.83. The van der Waals surface area contributed by atoms with Crippen molar-refractivity contribution in [2.45, 2.75) is 31.4 Å². The smallest absolute Gasteiger partial charge is 0.123 e. The van der Waals surface area contributed by atoms with Gasteiger partial charge in [-0.15, -0.1) is 12.4 Å². The van der Waals surface area contributed by atoms with Crippen LogP contribution in [0.2, 0.25) is 0 Å². The second-order valence-corrected chi connectivity index (χ2v) is 7.00. The third-order valence-corrected chi connectivity index (χ3v) is 5.12. The van der Waals surface area contributed by atoms with Gasteiger partial charge in [-0.1, -0.05) is 30.3 Å². The molecule has 0 saturated heterocycles. The van der Waals surface area contributed by atoms with Gasteiger partial charge in [-0.25, -0.2) is 4.39 Å². The van der Waals surface area contributed by atoms with Crippen LogP contribution in [-0.2, 0) is 12.0 Å². The number of fused-ring (bicyclic) bond motifs is 1. The molecule has 0 spiro atoms. The molecule has 0 amide bonds. The van der Waals surface area contributed by atoms with E-state index in [-0.39, 0.29) is 24.3 Å². The number of pyridine rings is 1. The van der Waals surface area contributed by atoms with Crippen LogP contribution in [0.25, 0.3) is 11.1 Å². The number of rotatable bonds is 3. The molecule has 1 aliphatic heterocycles. The molecule has 0 fully saturated rings. The maximum Gasteiger partial charge on any atom is 0.123 e. The number of hydrogen-bond donors (Lipinski definition) is 1. The van der Waals surface area contributed by atoms with Gasteiger partial charge in [0.15, 0.2) is 0 Å². The molecule has 3 aromatic rings. The van der Waals surface area contributed by atoms with Gasteiger partial charge >= 0.3 is 0 Å². The molecule has 2 heterocycles. The molecule has 1 aromatic heterocycles. The summed E-state index contributed by atoms with van der Waals surface area (Å²) in [6.07, 6.45) is 5.22. The Labute approximate surface area is 164 Å². The summed E-state index contributed by atoms with van der Waals surface area (Å²) in [4.78, 5) is 4.36. The third kappa shape index (κ3) is 3.82. The van der Waals surface area contributed by atoms with Crippen LogP contribution in [0, 0.1) is 5.82 Å². The average molecular weight is 385 g/mol. The summed E-state index contributed by atoms with van der Waals surface area (Å²) < 4.78 is 19.4. The number of nitrogens with zero attached hydrogens (tertiary/aromatic N) is 1. The minimum atomic E-state index is -0.684. The van der Waals surface area contributed by atoms with E-state index >= 15 is 0 Å². The molecule has 0 bridgehead atoms. The summed E-state index contributed by atoms with van der Waals surface area (Å²) in [6, 6.07) is 16.5. The van der Waals surface area contributed by atoms with Crippen molar-refractivity contribution in [2.24, 2.45) is 5.73 Å². The van der Waals surface area contributed by atoms with Gasteiger partial charge in [0.2, 0.25) is 0 Å². The number of benzene rings is 2. The van der Waals surface area contributed by atoms with Crippen LogP contribution in [0.4, 0.5) is 4.39 Å². The number of para-hydroxylation sites is 1.